The molecule has 128 valence electrons. The number of rotatable bonds is 5. The van der Waals surface area contributed by atoms with E-state index in [-0.39, 0.29) is 16.1 Å². The molecule has 1 amide bonds. The summed E-state index contributed by atoms with van der Waals surface area (Å²) in [5.41, 5.74) is 6.63. The smallest absolute Gasteiger partial charge is 0.264 e. The minimum Gasteiger partial charge on any atom is -0.366 e. The van der Waals surface area contributed by atoms with Crippen molar-refractivity contribution in [1.29, 1.82) is 0 Å². The molecule has 0 unspecified atom stereocenters. The van der Waals surface area contributed by atoms with E-state index in [9.17, 15) is 13.2 Å². The van der Waals surface area contributed by atoms with E-state index in [1.54, 1.807) is 38.1 Å². The van der Waals surface area contributed by atoms with Crippen LogP contribution in [0.5, 0.6) is 0 Å². The van der Waals surface area contributed by atoms with E-state index in [4.69, 9.17) is 17.3 Å². The monoisotopic (exact) mass is 366 g/mol. The molecule has 0 spiro atoms. The second kappa shape index (κ2) is 6.83. The minimum absolute atomic E-state index is 0.0619. The van der Waals surface area contributed by atoms with Crippen LogP contribution in [0.15, 0.2) is 47.4 Å². The molecule has 0 saturated heterocycles. The number of primary amides is 1. The van der Waals surface area contributed by atoms with Crippen LogP contribution >= 0.6 is 11.6 Å². The van der Waals surface area contributed by atoms with Crippen molar-refractivity contribution in [2.24, 2.45) is 5.73 Å². The number of halogens is 1. The SMILES string of the molecule is Cc1ccc(S(=O)(=O)N(c2ccc(Cl)cc2C(N)=O)C(C)C)cc1. The molecular weight excluding hydrogens is 348 g/mol. The van der Waals surface area contributed by atoms with Gasteiger partial charge in [0.05, 0.1) is 16.1 Å². The van der Waals surface area contributed by atoms with Crippen LogP contribution < -0.4 is 10.0 Å². The third-order valence-corrected chi connectivity index (χ3v) is 5.75. The van der Waals surface area contributed by atoms with Gasteiger partial charge < -0.3 is 5.73 Å². The van der Waals surface area contributed by atoms with Gasteiger partial charge in [0.1, 0.15) is 0 Å². The zero-order chi connectivity index (χ0) is 18.1. The van der Waals surface area contributed by atoms with E-state index < -0.39 is 22.0 Å². The second-order valence-corrected chi connectivity index (χ2v) is 7.98. The molecule has 0 aliphatic heterocycles. The fourth-order valence-corrected chi connectivity index (χ4v) is 4.26. The van der Waals surface area contributed by atoms with Gasteiger partial charge in [0.15, 0.2) is 0 Å². The molecule has 2 aromatic carbocycles. The number of sulfonamides is 1. The van der Waals surface area contributed by atoms with Crippen LogP contribution in [0.1, 0.15) is 29.8 Å². The topological polar surface area (TPSA) is 80.5 Å². The lowest BCUT2D eigenvalue weighted by Crippen LogP contribution is -2.38. The average Bonchev–Trinajstić information content (AvgIpc) is 2.48. The Labute approximate surface area is 147 Å². The molecule has 24 heavy (non-hydrogen) atoms. The Bertz CT molecular complexity index is 862. The van der Waals surface area contributed by atoms with Gasteiger partial charge in [0.2, 0.25) is 0 Å². The van der Waals surface area contributed by atoms with Crippen LogP contribution in [0.2, 0.25) is 5.02 Å². The Kier molecular flexibility index (Phi) is 5.20. The summed E-state index contributed by atoms with van der Waals surface area (Å²) in [6, 6.07) is 10.5. The van der Waals surface area contributed by atoms with Crippen LogP contribution in [-0.4, -0.2) is 20.4 Å². The third-order valence-electron chi connectivity index (χ3n) is 3.51. The molecule has 2 N–H and O–H groups in total. The maximum atomic E-state index is 13.1. The van der Waals surface area contributed by atoms with Crippen molar-refractivity contribution in [1.82, 2.24) is 0 Å². The Hall–Kier alpha value is -2.05. The highest BCUT2D eigenvalue weighted by Crippen LogP contribution is 2.31. The van der Waals surface area contributed by atoms with Gasteiger partial charge in [-0.05, 0) is 51.1 Å². The van der Waals surface area contributed by atoms with Crippen molar-refractivity contribution < 1.29 is 13.2 Å². The van der Waals surface area contributed by atoms with Gasteiger partial charge in [0, 0.05) is 11.1 Å². The number of nitrogens with two attached hydrogens (primary N) is 1. The fraction of sp³-hybridized carbons (Fsp3) is 0.235. The van der Waals surface area contributed by atoms with Crippen LogP contribution in [0.4, 0.5) is 5.69 Å². The first kappa shape index (κ1) is 18.3. The standard InChI is InChI=1S/C17H19ClN2O3S/c1-11(2)20(16-9-6-13(18)10-15(16)17(19)21)24(22,23)14-7-4-12(3)5-8-14/h4-11H,1-3H3,(H2,19,21). The number of hydrogen-bond donors (Lipinski definition) is 1. The average molecular weight is 367 g/mol. The zero-order valence-corrected chi connectivity index (χ0v) is 15.2. The van der Waals surface area contributed by atoms with Crippen molar-refractivity contribution in [2.75, 3.05) is 4.31 Å². The molecule has 0 heterocycles. The fourth-order valence-electron chi connectivity index (χ4n) is 2.41. The largest absolute Gasteiger partial charge is 0.366 e. The summed E-state index contributed by atoms with van der Waals surface area (Å²) in [5.74, 6) is -0.739. The van der Waals surface area contributed by atoms with Gasteiger partial charge >= 0.3 is 0 Å². The molecule has 7 heteroatoms. The summed E-state index contributed by atoms with van der Waals surface area (Å²) in [7, 11) is -3.86. The molecule has 0 aromatic heterocycles. The predicted octanol–water partition coefficient (Wildman–Crippen LogP) is 3.35. The zero-order valence-electron chi connectivity index (χ0n) is 13.7. The minimum atomic E-state index is -3.86. The van der Waals surface area contributed by atoms with Gasteiger partial charge in [-0.15, -0.1) is 0 Å². The molecule has 0 saturated carbocycles. The maximum absolute atomic E-state index is 13.1. The summed E-state index contributed by atoms with van der Waals surface area (Å²) in [5, 5.41) is 0.309. The summed E-state index contributed by atoms with van der Waals surface area (Å²) in [6.45, 7) is 5.33. The number of carbonyl (C=O) groups excluding carboxylic acids is 1. The predicted molar refractivity (Wildman–Crippen MR) is 95.9 cm³/mol. The van der Waals surface area contributed by atoms with E-state index in [2.05, 4.69) is 0 Å². The molecular formula is C17H19ClN2O3S. The van der Waals surface area contributed by atoms with Gasteiger partial charge in [-0.25, -0.2) is 8.42 Å². The molecule has 0 fully saturated rings. The summed E-state index contributed by atoms with van der Waals surface area (Å²) < 4.78 is 27.4. The summed E-state index contributed by atoms with van der Waals surface area (Å²) >= 11 is 5.92. The van der Waals surface area contributed by atoms with Crippen LogP contribution in [-0.2, 0) is 10.0 Å². The molecule has 0 radical (unpaired) electrons. The lowest BCUT2D eigenvalue weighted by Gasteiger charge is -2.29. The quantitative estimate of drug-likeness (QED) is 0.881. The Morgan fingerprint density at radius 1 is 1.12 bits per heavy atom. The highest BCUT2D eigenvalue weighted by Gasteiger charge is 2.30. The first-order valence-corrected chi connectivity index (χ1v) is 9.17. The van der Waals surface area contributed by atoms with E-state index in [1.807, 2.05) is 6.92 Å². The van der Waals surface area contributed by atoms with Gasteiger partial charge in [-0.1, -0.05) is 29.3 Å². The molecule has 0 aliphatic carbocycles. The number of aryl methyl sites for hydroxylation is 1. The number of carbonyl (C=O) groups is 1. The number of benzene rings is 2. The number of hydrogen-bond acceptors (Lipinski definition) is 3. The van der Waals surface area contributed by atoms with E-state index in [1.165, 1.54) is 22.5 Å². The first-order chi connectivity index (χ1) is 11.1. The van der Waals surface area contributed by atoms with Crippen molar-refractivity contribution in [2.45, 2.75) is 31.7 Å². The van der Waals surface area contributed by atoms with Gasteiger partial charge in [-0.3, -0.25) is 9.10 Å². The molecule has 0 bridgehead atoms. The highest BCUT2D eigenvalue weighted by atomic mass is 35.5. The van der Waals surface area contributed by atoms with E-state index in [0.717, 1.165) is 5.56 Å². The van der Waals surface area contributed by atoms with Crippen LogP contribution in [0, 0.1) is 6.92 Å². The third kappa shape index (κ3) is 3.55. The van der Waals surface area contributed by atoms with Crippen molar-refractivity contribution in [3.63, 3.8) is 0 Å². The van der Waals surface area contributed by atoms with Gasteiger partial charge in [-0.2, -0.15) is 0 Å². The summed E-state index contributed by atoms with van der Waals surface area (Å²) in [4.78, 5) is 11.9. The Morgan fingerprint density at radius 2 is 1.71 bits per heavy atom. The lowest BCUT2D eigenvalue weighted by atomic mass is 10.1. The molecule has 2 aromatic rings. The summed E-state index contributed by atoms with van der Waals surface area (Å²) in [6.07, 6.45) is 0. The van der Waals surface area contributed by atoms with E-state index in [0.29, 0.717) is 5.02 Å². The normalized spacial score (nSPS) is 11.5. The number of nitrogens with zero attached hydrogens (tertiary/aromatic N) is 1. The van der Waals surface area contributed by atoms with Crippen molar-refractivity contribution in [3.05, 3.63) is 58.6 Å². The lowest BCUT2D eigenvalue weighted by molar-refractivity contribution is 0.100. The first-order valence-electron chi connectivity index (χ1n) is 7.35. The Morgan fingerprint density at radius 3 is 2.21 bits per heavy atom. The second-order valence-electron chi connectivity index (χ2n) is 5.73. The van der Waals surface area contributed by atoms with E-state index >= 15 is 0 Å². The van der Waals surface area contributed by atoms with Gasteiger partial charge in [0.25, 0.3) is 15.9 Å². The Balaban J connectivity index is 2.67. The maximum Gasteiger partial charge on any atom is 0.264 e. The van der Waals surface area contributed by atoms with Crippen LogP contribution in [0.3, 0.4) is 0 Å². The highest BCUT2D eigenvalue weighted by molar-refractivity contribution is 7.92. The van der Waals surface area contributed by atoms with Crippen LogP contribution in [0.25, 0.3) is 0 Å². The molecule has 5 nitrogen and oxygen atoms in total. The molecule has 2 rings (SSSR count). The molecule has 0 aliphatic rings. The molecule has 0 atom stereocenters. The number of anilines is 1. The van der Waals surface area contributed by atoms with Crippen molar-refractivity contribution in [3.8, 4) is 0 Å². The van der Waals surface area contributed by atoms with Crippen molar-refractivity contribution >= 4 is 33.2 Å². The number of amides is 1.